The Kier molecular flexibility index (Phi) is 6.23. The van der Waals surface area contributed by atoms with Crippen LogP contribution in [0, 0.1) is 0 Å². The second kappa shape index (κ2) is 8.82. The zero-order valence-corrected chi connectivity index (χ0v) is 17.3. The Hall–Kier alpha value is -3.27. The highest BCUT2D eigenvalue weighted by molar-refractivity contribution is 7.99. The molecule has 9 nitrogen and oxygen atoms in total. The summed E-state index contributed by atoms with van der Waals surface area (Å²) in [6, 6.07) is 8.35. The topological polar surface area (TPSA) is 100 Å². The van der Waals surface area contributed by atoms with Crippen LogP contribution in [0.3, 0.4) is 0 Å². The number of aryl methyl sites for hydroxylation is 1. The van der Waals surface area contributed by atoms with Gasteiger partial charge in [0.1, 0.15) is 11.5 Å². The summed E-state index contributed by atoms with van der Waals surface area (Å²) in [5.41, 5.74) is 1.19. The fraction of sp³-hybridized carbons (Fsp3) is 0.263. The first-order valence-corrected chi connectivity index (χ1v) is 9.62. The van der Waals surface area contributed by atoms with Crippen molar-refractivity contribution in [3.8, 4) is 22.9 Å². The maximum Gasteiger partial charge on any atom is 0.250 e. The molecule has 0 saturated heterocycles. The largest absolute Gasteiger partial charge is 0.497 e. The number of amides is 1. The van der Waals surface area contributed by atoms with Crippen molar-refractivity contribution >= 4 is 23.4 Å². The van der Waals surface area contributed by atoms with Crippen LogP contribution in [0.1, 0.15) is 0 Å². The zero-order valence-electron chi connectivity index (χ0n) is 16.5. The molecule has 0 aliphatic heterocycles. The third-order valence-corrected chi connectivity index (χ3v) is 5.21. The van der Waals surface area contributed by atoms with Gasteiger partial charge >= 0.3 is 0 Å². The number of hydrogen-bond donors (Lipinski definition) is 1. The molecular formula is C19H21N5O4S. The Balaban J connectivity index is 1.69. The molecular weight excluding hydrogens is 394 g/mol. The van der Waals surface area contributed by atoms with Crippen LogP contribution >= 0.6 is 11.8 Å². The van der Waals surface area contributed by atoms with E-state index in [0.717, 1.165) is 5.56 Å². The van der Waals surface area contributed by atoms with E-state index in [9.17, 15) is 9.59 Å². The number of hydrogen-bond acceptors (Lipinski definition) is 7. The van der Waals surface area contributed by atoms with Crippen molar-refractivity contribution in [3.63, 3.8) is 0 Å². The summed E-state index contributed by atoms with van der Waals surface area (Å²) >= 11 is 1.26. The molecule has 152 valence electrons. The third kappa shape index (κ3) is 4.60. The van der Waals surface area contributed by atoms with Gasteiger partial charge in [-0.25, -0.2) is 0 Å². The van der Waals surface area contributed by atoms with Crippen LogP contribution < -0.4 is 20.3 Å². The van der Waals surface area contributed by atoms with Crippen LogP contribution in [0.4, 0.5) is 5.69 Å². The normalized spacial score (nSPS) is 10.6. The van der Waals surface area contributed by atoms with Crippen molar-refractivity contribution < 1.29 is 14.3 Å². The Labute approximate surface area is 171 Å². The highest BCUT2D eigenvalue weighted by Crippen LogP contribution is 2.29. The first kappa shape index (κ1) is 20.5. The number of nitrogens with zero attached hydrogens (tertiary/aromatic N) is 4. The molecule has 0 atom stereocenters. The van der Waals surface area contributed by atoms with Gasteiger partial charge in [-0.3, -0.25) is 9.59 Å². The molecule has 3 rings (SSSR count). The highest BCUT2D eigenvalue weighted by Gasteiger charge is 2.15. The van der Waals surface area contributed by atoms with Crippen LogP contribution in [0.15, 0.2) is 46.5 Å². The molecule has 2 aromatic heterocycles. The van der Waals surface area contributed by atoms with Crippen molar-refractivity contribution in [1.29, 1.82) is 0 Å². The van der Waals surface area contributed by atoms with E-state index in [1.165, 1.54) is 29.5 Å². The van der Waals surface area contributed by atoms with Gasteiger partial charge in [0.05, 0.1) is 25.7 Å². The number of benzene rings is 1. The number of carbonyl (C=O) groups excluding carboxylic acids is 1. The van der Waals surface area contributed by atoms with E-state index in [1.54, 1.807) is 49.2 Å². The number of rotatable bonds is 7. The summed E-state index contributed by atoms with van der Waals surface area (Å²) in [5.74, 6) is 1.69. The molecule has 0 saturated carbocycles. The SMILES string of the molecule is COc1ccc(OC)c(NC(=O)CSc2nnc(-c3ccc(=O)n(C)c3)n2C)c1. The molecule has 3 aromatic rings. The lowest BCUT2D eigenvalue weighted by Gasteiger charge is -2.11. The smallest absolute Gasteiger partial charge is 0.250 e. The van der Waals surface area contributed by atoms with Crippen molar-refractivity contribution in [2.24, 2.45) is 14.1 Å². The molecule has 29 heavy (non-hydrogen) atoms. The van der Waals surface area contributed by atoms with E-state index in [4.69, 9.17) is 9.47 Å². The van der Waals surface area contributed by atoms with Crippen LogP contribution in [0.2, 0.25) is 0 Å². The Morgan fingerprint density at radius 1 is 1.14 bits per heavy atom. The molecule has 0 aliphatic rings. The number of methoxy groups -OCH3 is 2. The summed E-state index contributed by atoms with van der Waals surface area (Å²) in [6.45, 7) is 0. The number of ether oxygens (including phenoxy) is 2. The van der Waals surface area contributed by atoms with Crippen molar-refractivity contribution in [1.82, 2.24) is 19.3 Å². The molecule has 10 heteroatoms. The van der Waals surface area contributed by atoms with E-state index in [2.05, 4.69) is 15.5 Å². The maximum absolute atomic E-state index is 12.4. The number of carbonyl (C=O) groups is 1. The fourth-order valence-corrected chi connectivity index (χ4v) is 3.36. The van der Waals surface area contributed by atoms with E-state index in [1.807, 2.05) is 7.05 Å². The minimum Gasteiger partial charge on any atom is -0.497 e. The number of nitrogens with one attached hydrogen (secondary N) is 1. The molecule has 2 heterocycles. The van der Waals surface area contributed by atoms with Gasteiger partial charge < -0.3 is 23.9 Å². The third-order valence-electron chi connectivity index (χ3n) is 4.19. The highest BCUT2D eigenvalue weighted by atomic mass is 32.2. The lowest BCUT2D eigenvalue weighted by atomic mass is 10.2. The van der Waals surface area contributed by atoms with Gasteiger partial charge in [-0.1, -0.05) is 11.8 Å². The number of pyridine rings is 1. The Morgan fingerprint density at radius 2 is 1.93 bits per heavy atom. The molecule has 0 fully saturated rings. The molecule has 0 radical (unpaired) electrons. The summed E-state index contributed by atoms with van der Waals surface area (Å²) in [4.78, 5) is 24.0. The molecule has 0 unspecified atom stereocenters. The van der Waals surface area contributed by atoms with Crippen molar-refractivity contribution in [3.05, 3.63) is 46.9 Å². The molecule has 1 amide bonds. The molecule has 1 N–H and O–H groups in total. The standard InChI is InChI=1S/C19H21N5O4S/c1-23-10-12(5-8-17(23)26)18-21-22-19(24(18)2)29-11-16(25)20-14-9-13(27-3)6-7-15(14)28-4/h5-10H,11H2,1-4H3,(H,20,25). The summed E-state index contributed by atoms with van der Waals surface area (Å²) < 4.78 is 13.7. The lowest BCUT2D eigenvalue weighted by molar-refractivity contribution is -0.113. The Bertz CT molecular complexity index is 1090. The predicted molar refractivity (Wildman–Crippen MR) is 111 cm³/mol. The van der Waals surface area contributed by atoms with E-state index >= 15 is 0 Å². The van der Waals surface area contributed by atoms with E-state index < -0.39 is 0 Å². The predicted octanol–water partition coefficient (Wildman–Crippen LogP) is 1.93. The van der Waals surface area contributed by atoms with Crippen molar-refractivity contribution in [2.75, 3.05) is 25.3 Å². The molecule has 0 bridgehead atoms. The molecule has 0 aliphatic carbocycles. The number of thioether (sulfide) groups is 1. The zero-order chi connectivity index (χ0) is 21.0. The first-order valence-electron chi connectivity index (χ1n) is 8.64. The van der Waals surface area contributed by atoms with Crippen LogP contribution in [-0.4, -0.2) is 45.2 Å². The summed E-state index contributed by atoms with van der Waals surface area (Å²) in [6.07, 6.45) is 1.70. The monoisotopic (exact) mass is 415 g/mol. The minimum atomic E-state index is -0.215. The van der Waals surface area contributed by atoms with Gasteiger partial charge in [0, 0.05) is 38.0 Å². The minimum absolute atomic E-state index is 0.102. The average Bonchev–Trinajstić information content (AvgIpc) is 3.08. The van der Waals surface area contributed by atoms with Gasteiger partial charge in [0.25, 0.3) is 0 Å². The summed E-state index contributed by atoms with van der Waals surface area (Å²) in [7, 11) is 6.58. The average molecular weight is 415 g/mol. The van der Waals surface area contributed by atoms with Gasteiger partial charge in [-0.15, -0.1) is 10.2 Å². The van der Waals surface area contributed by atoms with E-state index in [-0.39, 0.29) is 17.2 Å². The van der Waals surface area contributed by atoms with Gasteiger partial charge in [0.2, 0.25) is 11.5 Å². The molecule has 1 aromatic carbocycles. The second-order valence-corrected chi connectivity index (χ2v) is 7.08. The number of aromatic nitrogens is 4. The molecule has 0 spiro atoms. The van der Waals surface area contributed by atoms with Crippen LogP contribution in [0.5, 0.6) is 11.5 Å². The first-order chi connectivity index (χ1) is 13.9. The fourth-order valence-electron chi connectivity index (χ4n) is 2.65. The maximum atomic E-state index is 12.4. The van der Waals surface area contributed by atoms with Gasteiger partial charge in [0.15, 0.2) is 11.0 Å². The van der Waals surface area contributed by atoms with Gasteiger partial charge in [-0.2, -0.15) is 0 Å². The van der Waals surface area contributed by atoms with E-state index in [0.29, 0.717) is 28.2 Å². The van der Waals surface area contributed by atoms with Crippen LogP contribution in [0.25, 0.3) is 11.4 Å². The quantitative estimate of drug-likeness (QED) is 0.589. The van der Waals surface area contributed by atoms with Crippen LogP contribution in [-0.2, 0) is 18.9 Å². The lowest BCUT2D eigenvalue weighted by Crippen LogP contribution is -2.15. The second-order valence-electron chi connectivity index (χ2n) is 6.14. The van der Waals surface area contributed by atoms with Crippen molar-refractivity contribution in [2.45, 2.75) is 5.16 Å². The Morgan fingerprint density at radius 3 is 2.62 bits per heavy atom. The number of anilines is 1. The van der Waals surface area contributed by atoms with Gasteiger partial charge in [-0.05, 0) is 18.2 Å². The summed E-state index contributed by atoms with van der Waals surface area (Å²) in [5, 5.41) is 11.7.